The Morgan fingerprint density at radius 1 is 1.09 bits per heavy atom. The van der Waals surface area contributed by atoms with Crippen molar-refractivity contribution in [2.45, 2.75) is 24.9 Å². The van der Waals surface area contributed by atoms with Crippen LogP contribution in [0.2, 0.25) is 0 Å². The van der Waals surface area contributed by atoms with Crippen molar-refractivity contribution >= 4 is 18.0 Å². The molecule has 10 heteroatoms. The summed E-state index contributed by atoms with van der Waals surface area (Å²) in [5.41, 5.74) is 4.15. The smallest absolute Gasteiger partial charge is 0.407 e. The molecule has 0 radical (unpaired) electrons. The second-order valence-electron chi connectivity index (χ2n) is 8.01. The minimum absolute atomic E-state index is 0.0883. The van der Waals surface area contributed by atoms with E-state index in [0.717, 1.165) is 22.3 Å². The van der Waals surface area contributed by atoms with Crippen molar-refractivity contribution in [3.05, 3.63) is 77.2 Å². The summed E-state index contributed by atoms with van der Waals surface area (Å²) >= 11 is 0. The number of methoxy groups -OCH3 is 1. The Morgan fingerprint density at radius 2 is 1.74 bits per heavy atom. The number of carbonyl (C=O) groups excluding carboxylic acids is 2. The highest BCUT2D eigenvalue weighted by Gasteiger charge is 2.29. The second-order valence-corrected chi connectivity index (χ2v) is 8.01. The topological polar surface area (TPSA) is 140 Å². The van der Waals surface area contributed by atoms with Gasteiger partial charge in [-0.3, -0.25) is 4.79 Å². The van der Waals surface area contributed by atoms with Crippen LogP contribution in [0.5, 0.6) is 0 Å². The number of hydrogen-bond acceptors (Lipinski definition) is 7. The lowest BCUT2D eigenvalue weighted by Crippen LogP contribution is -2.47. The maximum Gasteiger partial charge on any atom is 0.407 e. The second kappa shape index (κ2) is 10.8. The lowest BCUT2D eigenvalue weighted by molar-refractivity contribution is -0.123. The maximum atomic E-state index is 12.7. The number of carboxylic acid groups (broad SMARTS) is 1. The van der Waals surface area contributed by atoms with Gasteiger partial charge in [-0.1, -0.05) is 53.7 Å². The molecule has 10 nitrogen and oxygen atoms in total. The number of hydrogen-bond donors (Lipinski definition) is 3. The molecule has 1 aliphatic rings. The third-order valence-corrected chi connectivity index (χ3v) is 5.78. The number of rotatable bonds is 10. The molecule has 1 aromatic heterocycles. The molecule has 0 bridgehead atoms. The number of carboxylic acids is 1. The van der Waals surface area contributed by atoms with E-state index in [1.54, 1.807) is 0 Å². The number of nitrogens with zero attached hydrogens (tertiary/aromatic N) is 1. The fourth-order valence-electron chi connectivity index (χ4n) is 4.08. The Kier molecular flexibility index (Phi) is 7.41. The van der Waals surface area contributed by atoms with E-state index in [1.165, 1.54) is 13.2 Å². The maximum absolute atomic E-state index is 12.7. The molecule has 35 heavy (non-hydrogen) atoms. The van der Waals surface area contributed by atoms with Crippen LogP contribution in [0.15, 0.2) is 59.1 Å². The van der Waals surface area contributed by atoms with Crippen LogP contribution < -0.4 is 10.6 Å². The van der Waals surface area contributed by atoms with E-state index in [2.05, 4.69) is 15.8 Å². The summed E-state index contributed by atoms with van der Waals surface area (Å²) in [6, 6.07) is 16.3. The van der Waals surface area contributed by atoms with Crippen LogP contribution in [-0.4, -0.2) is 54.6 Å². The molecule has 2 aromatic carbocycles. The van der Waals surface area contributed by atoms with Crippen molar-refractivity contribution in [3.63, 3.8) is 0 Å². The fourth-order valence-corrected chi connectivity index (χ4v) is 4.08. The zero-order valence-corrected chi connectivity index (χ0v) is 19.0. The Hall–Kier alpha value is -4.18. The predicted molar refractivity (Wildman–Crippen MR) is 124 cm³/mol. The minimum atomic E-state index is -1.23. The largest absolute Gasteiger partial charge is 0.476 e. The lowest BCUT2D eigenvalue weighted by Gasteiger charge is -2.19. The van der Waals surface area contributed by atoms with E-state index in [-0.39, 0.29) is 43.6 Å². The Labute approximate surface area is 201 Å². The van der Waals surface area contributed by atoms with Gasteiger partial charge in [-0.15, -0.1) is 0 Å². The molecule has 0 aliphatic heterocycles. The first-order valence-corrected chi connectivity index (χ1v) is 11.0. The molecule has 3 aromatic rings. The number of carbonyl (C=O) groups is 3. The predicted octanol–water partition coefficient (Wildman–Crippen LogP) is 2.93. The molecule has 182 valence electrons. The van der Waals surface area contributed by atoms with Crippen LogP contribution in [-0.2, 0) is 20.8 Å². The minimum Gasteiger partial charge on any atom is -0.476 e. The zero-order chi connectivity index (χ0) is 24.8. The molecule has 1 atom stereocenters. The summed E-state index contributed by atoms with van der Waals surface area (Å²) in [7, 11) is 1.49. The lowest BCUT2D eigenvalue weighted by atomic mass is 9.98. The Morgan fingerprint density at radius 3 is 2.34 bits per heavy atom. The number of nitrogens with one attached hydrogen (secondary N) is 2. The molecular formula is C25H25N3O7. The van der Waals surface area contributed by atoms with Gasteiger partial charge in [0.25, 0.3) is 0 Å². The molecule has 1 aliphatic carbocycles. The van der Waals surface area contributed by atoms with Crippen LogP contribution >= 0.6 is 0 Å². The normalized spacial score (nSPS) is 12.9. The highest BCUT2D eigenvalue weighted by molar-refractivity contribution is 5.86. The quantitative estimate of drug-likeness (QED) is 0.403. The average molecular weight is 479 g/mol. The summed E-state index contributed by atoms with van der Waals surface area (Å²) in [4.78, 5) is 36.2. The molecule has 0 saturated carbocycles. The van der Waals surface area contributed by atoms with Crippen LogP contribution in [0.25, 0.3) is 11.1 Å². The van der Waals surface area contributed by atoms with Gasteiger partial charge < -0.3 is 29.7 Å². The van der Waals surface area contributed by atoms with Crippen molar-refractivity contribution in [1.82, 2.24) is 15.8 Å². The molecule has 0 fully saturated rings. The van der Waals surface area contributed by atoms with Gasteiger partial charge >= 0.3 is 12.1 Å². The highest BCUT2D eigenvalue weighted by atomic mass is 16.5. The molecule has 1 heterocycles. The highest BCUT2D eigenvalue weighted by Crippen LogP contribution is 2.44. The zero-order valence-electron chi connectivity index (χ0n) is 19.0. The van der Waals surface area contributed by atoms with Gasteiger partial charge in [0, 0.05) is 32.1 Å². The monoisotopic (exact) mass is 479 g/mol. The number of aromatic carboxylic acids is 1. The number of benzene rings is 2. The molecule has 0 saturated heterocycles. The van der Waals surface area contributed by atoms with Gasteiger partial charge in [-0.05, 0) is 22.3 Å². The van der Waals surface area contributed by atoms with Gasteiger partial charge in [-0.25, -0.2) is 9.59 Å². The summed E-state index contributed by atoms with van der Waals surface area (Å²) in [5, 5.41) is 17.5. The molecule has 4 rings (SSSR count). The van der Waals surface area contributed by atoms with E-state index < -0.39 is 24.0 Å². The fraction of sp³-hybridized carbons (Fsp3) is 0.280. The van der Waals surface area contributed by atoms with Gasteiger partial charge in [0.05, 0.1) is 6.54 Å². The van der Waals surface area contributed by atoms with Crippen LogP contribution in [0, 0.1) is 0 Å². The number of alkyl carbamates (subject to hydrolysis) is 1. The van der Waals surface area contributed by atoms with Crippen molar-refractivity contribution in [2.75, 3.05) is 20.3 Å². The summed E-state index contributed by atoms with van der Waals surface area (Å²) < 4.78 is 15.5. The molecule has 3 N–H and O–H groups in total. The average Bonchev–Trinajstić information content (AvgIpc) is 3.47. The standard InChI is InChI=1S/C25H25N3O7/c1-33-11-10-21(23(29)26-13-15-12-22(24(30)31)28-35-15)27-25(32)34-14-20-18-8-4-2-6-16(18)17-7-3-5-9-19(17)20/h2-9,12,20-21H,10-11,13-14H2,1H3,(H,26,29)(H,27,32)(H,30,31). The van der Waals surface area contributed by atoms with Crippen LogP contribution in [0.3, 0.4) is 0 Å². The Bertz CT molecular complexity index is 1180. The number of amides is 2. The van der Waals surface area contributed by atoms with Gasteiger partial charge in [0.15, 0.2) is 11.5 Å². The van der Waals surface area contributed by atoms with E-state index in [4.69, 9.17) is 19.1 Å². The number of fused-ring (bicyclic) bond motifs is 3. The SMILES string of the molecule is COCCC(NC(=O)OCC1c2ccccc2-c2ccccc21)C(=O)NCc1cc(C(=O)O)no1. The Balaban J connectivity index is 1.36. The number of ether oxygens (including phenoxy) is 2. The first-order valence-electron chi connectivity index (χ1n) is 11.0. The molecular weight excluding hydrogens is 454 g/mol. The van der Waals surface area contributed by atoms with Crippen molar-refractivity contribution < 1.29 is 33.5 Å². The summed E-state index contributed by atoms with van der Waals surface area (Å²) in [5.74, 6) is -1.67. The van der Waals surface area contributed by atoms with Crippen molar-refractivity contribution in [3.8, 4) is 11.1 Å². The van der Waals surface area contributed by atoms with Gasteiger partial charge in [0.2, 0.25) is 5.91 Å². The summed E-state index contributed by atoms with van der Waals surface area (Å²) in [6.45, 7) is 0.261. The third kappa shape index (κ3) is 5.49. The third-order valence-electron chi connectivity index (χ3n) is 5.78. The summed E-state index contributed by atoms with van der Waals surface area (Å²) in [6.07, 6.45) is -0.514. The van der Waals surface area contributed by atoms with Crippen molar-refractivity contribution in [1.29, 1.82) is 0 Å². The molecule has 1 unspecified atom stereocenters. The molecule has 2 amide bonds. The van der Waals surface area contributed by atoms with Crippen LogP contribution in [0.1, 0.15) is 39.7 Å². The van der Waals surface area contributed by atoms with E-state index >= 15 is 0 Å². The van der Waals surface area contributed by atoms with E-state index in [9.17, 15) is 14.4 Å². The molecule has 0 spiro atoms. The van der Waals surface area contributed by atoms with E-state index in [0.29, 0.717) is 0 Å². The first-order chi connectivity index (χ1) is 17.0. The van der Waals surface area contributed by atoms with Crippen molar-refractivity contribution in [2.24, 2.45) is 0 Å². The van der Waals surface area contributed by atoms with E-state index in [1.807, 2.05) is 48.5 Å². The van der Waals surface area contributed by atoms with Crippen LogP contribution in [0.4, 0.5) is 4.79 Å². The first kappa shape index (κ1) is 24.0. The number of aromatic nitrogens is 1. The van der Waals surface area contributed by atoms with Gasteiger partial charge in [0.1, 0.15) is 12.6 Å². The van der Waals surface area contributed by atoms with Gasteiger partial charge in [-0.2, -0.15) is 0 Å².